The minimum atomic E-state index is -0.895. The number of hydrogen-bond acceptors (Lipinski definition) is 4. The van der Waals surface area contributed by atoms with Crippen LogP contribution < -0.4 is 5.73 Å². The summed E-state index contributed by atoms with van der Waals surface area (Å²) in [7, 11) is 0. The van der Waals surface area contributed by atoms with Gasteiger partial charge in [-0.1, -0.05) is 0 Å². The summed E-state index contributed by atoms with van der Waals surface area (Å²) in [5.74, 6) is -0.895. The van der Waals surface area contributed by atoms with Crippen LogP contribution in [0.15, 0.2) is 0 Å². The van der Waals surface area contributed by atoms with Gasteiger partial charge in [0.2, 0.25) is 0 Å². The fourth-order valence-corrected chi connectivity index (χ4v) is 3.26. The molecule has 1 aliphatic rings. The summed E-state index contributed by atoms with van der Waals surface area (Å²) in [4.78, 5) is 14.5. The van der Waals surface area contributed by atoms with Crippen LogP contribution in [0.3, 0.4) is 0 Å². The number of anilines is 1. The molecule has 0 amide bonds. The van der Waals surface area contributed by atoms with Crippen LogP contribution in [-0.2, 0) is 13.0 Å². The normalized spacial score (nSPS) is 15.5. The number of carboxylic acid groups (broad SMARTS) is 1. The van der Waals surface area contributed by atoms with Crippen molar-refractivity contribution in [3.63, 3.8) is 0 Å². The number of fused-ring (bicyclic) bond motifs is 1. The summed E-state index contributed by atoms with van der Waals surface area (Å²) in [6.07, 6.45) is 0.794. The van der Waals surface area contributed by atoms with Gasteiger partial charge in [-0.05, 0) is 25.8 Å². The lowest BCUT2D eigenvalue weighted by atomic mass is 10.0. The second kappa shape index (κ2) is 5.25. The zero-order valence-corrected chi connectivity index (χ0v) is 11.5. The van der Waals surface area contributed by atoms with Crippen molar-refractivity contribution in [3.05, 3.63) is 16.0 Å². The maximum absolute atomic E-state index is 11.1. The van der Waals surface area contributed by atoms with E-state index < -0.39 is 5.97 Å². The van der Waals surface area contributed by atoms with Gasteiger partial charge in [-0.3, -0.25) is 4.90 Å². The van der Waals surface area contributed by atoms with Crippen LogP contribution in [0.1, 0.15) is 34.6 Å². The molecule has 0 spiro atoms. The Balaban J connectivity index is 0.00000144. The summed E-state index contributed by atoms with van der Waals surface area (Å²) < 4.78 is 0. The van der Waals surface area contributed by atoms with Crippen molar-refractivity contribution in [1.29, 1.82) is 0 Å². The number of rotatable bonds is 2. The smallest absolute Gasteiger partial charge is 0.338 e. The van der Waals surface area contributed by atoms with Crippen molar-refractivity contribution in [2.75, 3.05) is 12.3 Å². The van der Waals surface area contributed by atoms with E-state index in [1.54, 1.807) is 0 Å². The van der Waals surface area contributed by atoms with E-state index in [0.717, 1.165) is 30.0 Å². The highest BCUT2D eigenvalue weighted by Gasteiger charge is 2.27. The molecule has 0 saturated carbocycles. The summed E-state index contributed by atoms with van der Waals surface area (Å²) in [6.45, 7) is 6.05. The Morgan fingerprint density at radius 2 is 2.18 bits per heavy atom. The lowest BCUT2D eigenvalue weighted by molar-refractivity contribution is 0.0696. The van der Waals surface area contributed by atoms with Gasteiger partial charge in [0.15, 0.2) is 0 Å². The molecule has 0 fully saturated rings. The highest BCUT2D eigenvalue weighted by atomic mass is 35.5. The van der Waals surface area contributed by atoms with Crippen LogP contribution in [0, 0.1) is 0 Å². The molecule has 1 aromatic rings. The van der Waals surface area contributed by atoms with Gasteiger partial charge in [-0.15, -0.1) is 23.7 Å². The molecule has 3 N–H and O–H groups in total. The minimum absolute atomic E-state index is 0. The Labute approximate surface area is 111 Å². The van der Waals surface area contributed by atoms with Crippen molar-refractivity contribution in [1.82, 2.24) is 4.90 Å². The van der Waals surface area contributed by atoms with Gasteiger partial charge >= 0.3 is 5.97 Å². The third kappa shape index (κ3) is 2.56. The number of thiophene rings is 1. The van der Waals surface area contributed by atoms with Crippen LogP contribution in [0.2, 0.25) is 0 Å². The third-order valence-electron chi connectivity index (χ3n) is 3.06. The minimum Gasteiger partial charge on any atom is -0.478 e. The predicted octanol–water partition coefficient (Wildman–Crippen LogP) is 2.22. The van der Waals surface area contributed by atoms with Crippen LogP contribution in [0.4, 0.5) is 5.00 Å². The van der Waals surface area contributed by atoms with E-state index in [0.29, 0.717) is 16.6 Å². The van der Waals surface area contributed by atoms with E-state index in [1.165, 1.54) is 11.3 Å². The first kappa shape index (κ1) is 14.3. The second-order valence-corrected chi connectivity index (χ2v) is 5.50. The SMILES string of the molecule is CC(C)N1CCc2c(sc(N)c2C(=O)O)C1.Cl. The van der Waals surface area contributed by atoms with E-state index >= 15 is 0 Å². The molecule has 0 aromatic carbocycles. The number of nitrogens with zero attached hydrogens (tertiary/aromatic N) is 1. The number of aromatic carboxylic acids is 1. The van der Waals surface area contributed by atoms with Gasteiger partial charge < -0.3 is 10.8 Å². The number of halogens is 1. The maximum Gasteiger partial charge on any atom is 0.338 e. The van der Waals surface area contributed by atoms with Crippen molar-refractivity contribution >= 4 is 34.7 Å². The van der Waals surface area contributed by atoms with Crippen LogP contribution in [0.25, 0.3) is 0 Å². The molecule has 1 aromatic heterocycles. The largest absolute Gasteiger partial charge is 0.478 e. The quantitative estimate of drug-likeness (QED) is 0.869. The molecule has 6 heteroatoms. The van der Waals surface area contributed by atoms with E-state index in [9.17, 15) is 4.79 Å². The van der Waals surface area contributed by atoms with Crippen molar-refractivity contribution in [3.8, 4) is 0 Å². The molecule has 2 rings (SSSR count). The van der Waals surface area contributed by atoms with Crippen LogP contribution in [-0.4, -0.2) is 28.6 Å². The second-order valence-electron chi connectivity index (χ2n) is 4.36. The van der Waals surface area contributed by atoms with E-state index in [-0.39, 0.29) is 12.4 Å². The summed E-state index contributed by atoms with van der Waals surface area (Å²) in [5.41, 5.74) is 7.05. The maximum atomic E-state index is 11.1. The Morgan fingerprint density at radius 3 is 2.71 bits per heavy atom. The monoisotopic (exact) mass is 276 g/mol. The molecule has 2 heterocycles. The summed E-state index contributed by atoms with van der Waals surface area (Å²) in [5, 5.41) is 9.55. The Kier molecular flexibility index (Phi) is 4.41. The predicted molar refractivity (Wildman–Crippen MR) is 72.2 cm³/mol. The summed E-state index contributed by atoms with van der Waals surface area (Å²) in [6, 6.07) is 0.491. The number of hydrogen-bond donors (Lipinski definition) is 2. The fourth-order valence-electron chi connectivity index (χ4n) is 2.12. The first-order valence-electron chi connectivity index (χ1n) is 5.38. The average molecular weight is 277 g/mol. The Bertz CT molecular complexity index is 431. The van der Waals surface area contributed by atoms with E-state index in [4.69, 9.17) is 10.8 Å². The summed E-state index contributed by atoms with van der Waals surface area (Å²) >= 11 is 1.42. The Morgan fingerprint density at radius 1 is 1.53 bits per heavy atom. The van der Waals surface area contributed by atoms with Crippen LogP contribution >= 0.6 is 23.7 Å². The molecule has 96 valence electrons. The molecule has 17 heavy (non-hydrogen) atoms. The molecule has 0 bridgehead atoms. The molecule has 0 aliphatic carbocycles. The van der Waals surface area contributed by atoms with E-state index in [2.05, 4.69) is 18.7 Å². The lowest BCUT2D eigenvalue weighted by Gasteiger charge is -2.30. The first-order valence-corrected chi connectivity index (χ1v) is 6.19. The zero-order chi connectivity index (χ0) is 11.9. The van der Waals surface area contributed by atoms with Gasteiger partial charge in [0.05, 0.1) is 5.56 Å². The van der Waals surface area contributed by atoms with Gasteiger partial charge in [0.25, 0.3) is 0 Å². The highest BCUT2D eigenvalue weighted by Crippen LogP contribution is 2.35. The van der Waals surface area contributed by atoms with Gasteiger partial charge in [0, 0.05) is 24.0 Å². The van der Waals surface area contributed by atoms with Crippen molar-refractivity contribution < 1.29 is 9.90 Å². The fraction of sp³-hybridized carbons (Fsp3) is 0.545. The number of carboxylic acids is 1. The molecule has 0 unspecified atom stereocenters. The van der Waals surface area contributed by atoms with Crippen molar-refractivity contribution in [2.24, 2.45) is 0 Å². The van der Waals surface area contributed by atoms with Gasteiger partial charge in [-0.2, -0.15) is 0 Å². The zero-order valence-electron chi connectivity index (χ0n) is 9.90. The van der Waals surface area contributed by atoms with Crippen molar-refractivity contribution in [2.45, 2.75) is 32.9 Å². The van der Waals surface area contributed by atoms with E-state index in [1.807, 2.05) is 0 Å². The topological polar surface area (TPSA) is 66.6 Å². The molecule has 1 aliphatic heterocycles. The number of carbonyl (C=O) groups is 1. The third-order valence-corrected chi connectivity index (χ3v) is 4.10. The molecular weight excluding hydrogens is 260 g/mol. The molecule has 0 radical (unpaired) electrons. The first-order chi connectivity index (χ1) is 7.50. The van der Waals surface area contributed by atoms with Gasteiger partial charge in [-0.25, -0.2) is 4.79 Å². The average Bonchev–Trinajstić information content (AvgIpc) is 2.51. The van der Waals surface area contributed by atoms with Crippen LogP contribution in [0.5, 0.6) is 0 Å². The number of nitrogens with two attached hydrogens (primary N) is 1. The lowest BCUT2D eigenvalue weighted by Crippen LogP contribution is -2.35. The molecular formula is C11H17ClN2O2S. The molecule has 0 saturated heterocycles. The molecule has 4 nitrogen and oxygen atoms in total. The van der Waals surface area contributed by atoms with Gasteiger partial charge in [0.1, 0.15) is 5.00 Å². The molecule has 0 atom stereocenters. The number of nitrogen functional groups attached to an aromatic ring is 1. The standard InChI is InChI=1S/C11H16N2O2S.ClH/c1-6(2)13-4-3-7-8(5-13)16-10(12)9(7)11(14)15;/h6H,3-5,12H2,1-2H3,(H,14,15);1H. The Hall–Kier alpha value is -0.780. The highest BCUT2D eigenvalue weighted by molar-refractivity contribution is 7.16.